The topological polar surface area (TPSA) is 89.5 Å². The van der Waals surface area contributed by atoms with Crippen molar-refractivity contribution in [2.75, 3.05) is 12.4 Å². The lowest BCUT2D eigenvalue weighted by Crippen LogP contribution is -2.47. The Morgan fingerprint density at radius 3 is 2.41 bits per heavy atom. The molecule has 0 aliphatic carbocycles. The molecule has 0 bridgehead atoms. The standard InChI is InChI=1S/C26H31N3O4S/c1-16-14-19(12-13-21(16)32-6)22-17(2)34-24(28-22)29-23(30)20(15-18-10-8-7-9-11-18)27-25(31)33-26(3,4)5/h7-14,20H,15H2,1-6H3,(H,27,31)(H,28,29,30). The predicted molar refractivity (Wildman–Crippen MR) is 136 cm³/mol. The van der Waals surface area contributed by atoms with Crippen LogP contribution in [0.25, 0.3) is 11.3 Å². The third kappa shape index (κ3) is 6.81. The van der Waals surface area contributed by atoms with Crippen LogP contribution in [-0.4, -0.2) is 35.7 Å². The first kappa shape index (κ1) is 25.2. The Balaban J connectivity index is 1.79. The molecular weight excluding hydrogens is 450 g/mol. The number of benzene rings is 2. The average Bonchev–Trinajstić information content (AvgIpc) is 3.12. The van der Waals surface area contributed by atoms with Crippen molar-refractivity contribution in [3.63, 3.8) is 0 Å². The summed E-state index contributed by atoms with van der Waals surface area (Å²) in [5.41, 5.74) is 2.99. The van der Waals surface area contributed by atoms with Crippen LogP contribution in [0.1, 0.15) is 36.8 Å². The van der Waals surface area contributed by atoms with E-state index in [2.05, 4.69) is 15.6 Å². The Labute approximate surface area is 204 Å². The monoisotopic (exact) mass is 481 g/mol. The summed E-state index contributed by atoms with van der Waals surface area (Å²) in [7, 11) is 1.64. The van der Waals surface area contributed by atoms with Gasteiger partial charge in [-0.05, 0) is 63.9 Å². The zero-order valence-corrected chi connectivity index (χ0v) is 21.2. The van der Waals surface area contributed by atoms with Gasteiger partial charge in [0, 0.05) is 16.9 Å². The predicted octanol–water partition coefficient (Wildman–Crippen LogP) is 5.51. The fourth-order valence-corrected chi connectivity index (χ4v) is 4.28. The van der Waals surface area contributed by atoms with Gasteiger partial charge >= 0.3 is 6.09 Å². The largest absolute Gasteiger partial charge is 0.496 e. The van der Waals surface area contributed by atoms with Crippen LogP contribution in [0.5, 0.6) is 5.75 Å². The first-order chi connectivity index (χ1) is 16.1. The highest BCUT2D eigenvalue weighted by Gasteiger charge is 2.26. The van der Waals surface area contributed by atoms with E-state index in [-0.39, 0.29) is 5.91 Å². The number of aromatic nitrogens is 1. The smallest absolute Gasteiger partial charge is 0.408 e. The summed E-state index contributed by atoms with van der Waals surface area (Å²) in [4.78, 5) is 31.2. The van der Waals surface area contributed by atoms with E-state index in [9.17, 15) is 9.59 Å². The van der Waals surface area contributed by atoms with Gasteiger partial charge in [0.25, 0.3) is 0 Å². The Hall–Kier alpha value is -3.39. The lowest BCUT2D eigenvalue weighted by molar-refractivity contribution is -0.118. The third-order valence-electron chi connectivity index (χ3n) is 4.99. The van der Waals surface area contributed by atoms with Crippen molar-refractivity contribution in [3.8, 4) is 17.0 Å². The lowest BCUT2D eigenvalue weighted by atomic mass is 10.1. The van der Waals surface area contributed by atoms with Gasteiger partial charge in [0.05, 0.1) is 12.8 Å². The molecule has 0 fully saturated rings. The summed E-state index contributed by atoms with van der Waals surface area (Å²) in [5.74, 6) is 0.447. The van der Waals surface area contributed by atoms with Crippen LogP contribution in [-0.2, 0) is 16.0 Å². The van der Waals surface area contributed by atoms with E-state index in [1.807, 2.05) is 62.4 Å². The molecule has 2 aromatic carbocycles. The maximum atomic E-state index is 13.2. The van der Waals surface area contributed by atoms with Crippen molar-refractivity contribution in [1.82, 2.24) is 10.3 Å². The van der Waals surface area contributed by atoms with E-state index in [4.69, 9.17) is 9.47 Å². The summed E-state index contributed by atoms with van der Waals surface area (Å²) in [6, 6.07) is 14.5. The summed E-state index contributed by atoms with van der Waals surface area (Å²) in [6.07, 6.45) is -0.325. The number of hydrogen-bond donors (Lipinski definition) is 2. The fourth-order valence-electron chi connectivity index (χ4n) is 3.44. The second-order valence-corrected chi connectivity index (χ2v) is 10.2. The Bertz CT molecular complexity index is 1150. The minimum absolute atomic E-state index is 0.320. The number of methoxy groups -OCH3 is 1. The third-order valence-corrected chi connectivity index (χ3v) is 5.87. The molecule has 0 aliphatic heterocycles. The number of amides is 2. The number of carbonyl (C=O) groups excluding carboxylic acids is 2. The van der Waals surface area contributed by atoms with Gasteiger partial charge in [-0.3, -0.25) is 4.79 Å². The highest BCUT2D eigenvalue weighted by molar-refractivity contribution is 7.16. The molecule has 3 rings (SSSR count). The molecule has 180 valence electrons. The number of aryl methyl sites for hydroxylation is 2. The molecule has 0 saturated carbocycles. The normalized spacial score (nSPS) is 12.1. The van der Waals surface area contributed by atoms with Gasteiger partial charge in [-0.1, -0.05) is 30.3 Å². The number of ether oxygens (including phenoxy) is 2. The van der Waals surface area contributed by atoms with Crippen LogP contribution in [0.3, 0.4) is 0 Å². The molecule has 7 nitrogen and oxygen atoms in total. The number of carbonyl (C=O) groups is 2. The number of nitrogens with one attached hydrogen (secondary N) is 2. The molecule has 34 heavy (non-hydrogen) atoms. The molecule has 1 aromatic heterocycles. The zero-order chi connectivity index (χ0) is 24.9. The lowest BCUT2D eigenvalue weighted by Gasteiger charge is -2.23. The molecule has 2 N–H and O–H groups in total. The Kier molecular flexibility index (Phi) is 7.94. The molecule has 8 heteroatoms. The van der Waals surface area contributed by atoms with E-state index < -0.39 is 17.7 Å². The van der Waals surface area contributed by atoms with Gasteiger partial charge in [0.15, 0.2) is 5.13 Å². The SMILES string of the molecule is COc1ccc(-c2nc(NC(=O)C(Cc3ccccc3)NC(=O)OC(C)(C)C)sc2C)cc1C. The molecule has 0 aliphatic rings. The van der Waals surface area contributed by atoms with Gasteiger partial charge in [-0.2, -0.15) is 0 Å². The van der Waals surface area contributed by atoms with Gasteiger partial charge in [0.1, 0.15) is 17.4 Å². The van der Waals surface area contributed by atoms with Crippen LogP contribution < -0.4 is 15.4 Å². The molecule has 1 atom stereocenters. The molecular formula is C26H31N3O4S. The number of alkyl carbamates (subject to hydrolysis) is 1. The Morgan fingerprint density at radius 2 is 1.79 bits per heavy atom. The van der Waals surface area contributed by atoms with Crippen molar-refractivity contribution in [3.05, 3.63) is 64.5 Å². The minimum atomic E-state index is -0.826. The van der Waals surface area contributed by atoms with Crippen molar-refractivity contribution in [2.24, 2.45) is 0 Å². The number of rotatable bonds is 7. The highest BCUT2D eigenvalue weighted by Crippen LogP contribution is 2.32. The molecule has 0 spiro atoms. The molecule has 1 heterocycles. The molecule has 1 unspecified atom stereocenters. The van der Waals surface area contributed by atoms with Crippen molar-refractivity contribution in [2.45, 2.75) is 52.7 Å². The molecule has 0 saturated heterocycles. The number of hydrogen-bond acceptors (Lipinski definition) is 6. The Morgan fingerprint density at radius 1 is 1.09 bits per heavy atom. The number of anilines is 1. The van der Waals surface area contributed by atoms with Crippen LogP contribution in [0.15, 0.2) is 48.5 Å². The molecule has 3 aromatic rings. The summed E-state index contributed by atoms with van der Waals surface area (Å²) in [6.45, 7) is 9.27. The van der Waals surface area contributed by atoms with E-state index in [0.717, 1.165) is 33.0 Å². The first-order valence-electron chi connectivity index (χ1n) is 11.0. The van der Waals surface area contributed by atoms with Crippen LogP contribution in [0, 0.1) is 13.8 Å². The first-order valence-corrected chi connectivity index (χ1v) is 11.8. The fraction of sp³-hybridized carbons (Fsp3) is 0.346. The molecule has 0 radical (unpaired) electrons. The van der Waals surface area contributed by atoms with Gasteiger partial charge in [0.2, 0.25) is 5.91 Å². The van der Waals surface area contributed by atoms with Crippen molar-refractivity contribution in [1.29, 1.82) is 0 Å². The van der Waals surface area contributed by atoms with Gasteiger partial charge < -0.3 is 20.1 Å². The van der Waals surface area contributed by atoms with Crippen LogP contribution >= 0.6 is 11.3 Å². The van der Waals surface area contributed by atoms with Crippen LogP contribution in [0.4, 0.5) is 9.93 Å². The van der Waals surface area contributed by atoms with Crippen molar-refractivity contribution < 1.29 is 19.1 Å². The summed E-state index contributed by atoms with van der Waals surface area (Å²) >= 11 is 1.39. The highest BCUT2D eigenvalue weighted by atomic mass is 32.1. The van der Waals surface area contributed by atoms with Crippen molar-refractivity contribution >= 4 is 28.5 Å². The van der Waals surface area contributed by atoms with Crippen LogP contribution in [0.2, 0.25) is 0 Å². The summed E-state index contributed by atoms with van der Waals surface area (Å²) < 4.78 is 10.7. The van der Waals surface area contributed by atoms with E-state index in [1.54, 1.807) is 27.9 Å². The second-order valence-electron chi connectivity index (χ2n) is 8.99. The van der Waals surface area contributed by atoms with E-state index in [1.165, 1.54) is 11.3 Å². The maximum Gasteiger partial charge on any atom is 0.408 e. The molecule has 2 amide bonds. The average molecular weight is 482 g/mol. The second kappa shape index (κ2) is 10.7. The van der Waals surface area contributed by atoms with Gasteiger partial charge in [-0.15, -0.1) is 11.3 Å². The number of thiazole rings is 1. The quantitative estimate of drug-likeness (QED) is 0.464. The number of nitrogens with zero attached hydrogens (tertiary/aromatic N) is 1. The van der Waals surface area contributed by atoms with Gasteiger partial charge in [-0.25, -0.2) is 9.78 Å². The van der Waals surface area contributed by atoms with E-state index >= 15 is 0 Å². The van der Waals surface area contributed by atoms with E-state index in [0.29, 0.717) is 11.6 Å². The maximum absolute atomic E-state index is 13.2. The minimum Gasteiger partial charge on any atom is -0.496 e. The summed E-state index contributed by atoms with van der Waals surface area (Å²) in [5, 5.41) is 6.04. The zero-order valence-electron chi connectivity index (χ0n) is 20.4.